The lowest BCUT2D eigenvalue weighted by Crippen LogP contribution is -2.00. The highest BCUT2D eigenvalue weighted by molar-refractivity contribution is 7.26. The van der Waals surface area contributed by atoms with Gasteiger partial charge in [-0.3, -0.25) is 0 Å². The first-order valence-electron chi connectivity index (χ1n) is 18.7. The molecule has 0 unspecified atom stereocenters. The SMILES string of the molecule is c1ccc(-c2ccc(-c3cc(-c4cccc5c4oc4cc(-c6nc(-c7ccccc7)nc(-c7ccccc7)n6)ccc45)cc4sc5ccccc5c34)cc2)cc1. The Morgan fingerprint density at radius 3 is 1.59 bits per heavy atom. The maximum Gasteiger partial charge on any atom is 0.164 e. The lowest BCUT2D eigenvalue weighted by molar-refractivity contribution is 0.670. The van der Waals surface area contributed by atoms with Crippen molar-refractivity contribution < 1.29 is 4.42 Å². The summed E-state index contributed by atoms with van der Waals surface area (Å²) in [7, 11) is 0. The first kappa shape index (κ1) is 32.2. The molecule has 8 aromatic carbocycles. The average molecular weight is 734 g/mol. The third-order valence-electron chi connectivity index (χ3n) is 10.5. The summed E-state index contributed by atoms with van der Waals surface area (Å²) in [5.41, 5.74) is 11.4. The molecule has 0 fully saturated rings. The number of thiophene rings is 1. The third-order valence-corrected chi connectivity index (χ3v) is 11.7. The van der Waals surface area contributed by atoms with Gasteiger partial charge in [0.05, 0.1) is 0 Å². The smallest absolute Gasteiger partial charge is 0.164 e. The summed E-state index contributed by atoms with van der Waals surface area (Å²) >= 11 is 1.84. The van der Waals surface area contributed by atoms with Crippen LogP contribution in [0.15, 0.2) is 192 Å². The second-order valence-corrected chi connectivity index (χ2v) is 15.1. The molecular formula is C51H31N3OS. The molecular weight excluding hydrogens is 703 g/mol. The first-order chi connectivity index (χ1) is 27.7. The number of para-hydroxylation sites is 1. The molecule has 5 heteroatoms. The summed E-state index contributed by atoms with van der Waals surface area (Å²) in [6.07, 6.45) is 0. The Hall–Kier alpha value is -7.21. The zero-order valence-electron chi connectivity index (χ0n) is 30.1. The van der Waals surface area contributed by atoms with Gasteiger partial charge < -0.3 is 4.42 Å². The van der Waals surface area contributed by atoms with Gasteiger partial charge in [0.15, 0.2) is 17.5 Å². The summed E-state index contributed by atoms with van der Waals surface area (Å²) in [6.45, 7) is 0. The Bertz CT molecular complexity index is 3170. The summed E-state index contributed by atoms with van der Waals surface area (Å²) in [5.74, 6) is 1.85. The molecule has 11 rings (SSSR count). The normalized spacial score (nSPS) is 11.6. The fourth-order valence-electron chi connectivity index (χ4n) is 7.81. The van der Waals surface area contributed by atoms with Crippen molar-refractivity contribution in [1.82, 2.24) is 15.0 Å². The minimum absolute atomic E-state index is 0.596. The third kappa shape index (κ3) is 5.56. The Morgan fingerprint density at radius 2 is 0.893 bits per heavy atom. The second kappa shape index (κ2) is 13.3. The predicted octanol–water partition coefficient (Wildman–Crippen LogP) is 14.1. The summed E-state index contributed by atoms with van der Waals surface area (Å²) in [4.78, 5) is 14.8. The zero-order valence-corrected chi connectivity index (χ0v) is 30.9. The van der Waals surface area contributed by atoms with Crippen LogP contribution in [0.4, 0.5) is 0 Å². The molecule has 0 saturated carbocycles. The van der Waals surface area contributed by atoms with Crippen LogP contribution in [0.5, 0.6) is 0 Å². The fraction of sp³-hybridized carbons (Fsp3) is 0. The van der Waals surface area contributed by atoms with Crippen molar-refractivity contribution in [2.45, 2.75) is 0 Å². The van der Waals surface area contributed by atoms with Crippen molar-refractivity contribution in [3.63, 3.8) is 0 Å². The van der Waals surface area contributed by atoms with Crippen LogP contribution < -0.4 is 0 Å². The fourth-order valence-corrected chi connectivity index (χ4v) is 8.98. The summed E-state index contributed by atoms with van der Waals surface area (Å²) in [6, 6.07) is 65.7. The van der Waals surface area contributed by atoms with E-state index in [4.69, 9.17) is 19.4 Å². The molecule has 0 atom stereocenters. The number of hydrogen-bond acceptors (Lipinski definition) is 5. The van der Waals surface area contributed by atoms with Gasteiger partial charge in [-0.15, -0.1) is 11.3 Å². The average Bonchev–Trinajstić information content (AvgIpc) is 3.85. The van der Waals surface area contributed by atoms with Crippen LogP contribution in [0, 0.1) is 0 Å². The highest BCUT2D eigenvalue weighted by Gasteiger charge is 2.19. The van der Waals surface area contributed by atoms with Gasteiger partial charge >= 0.3 is 0 Å². The molecule has 0 bridgehead atoms. The lowest BCUT2D eigenvalue weighted by atomic mass is 9.93. The molecule has 0 amide bonds. The lowest BCUT2D eigenvalue weighted by Gasteiger charge is -2.11. The number of fused-ring (bicyclic) bond motifs is 6. The van der Waals surface area contributed by atoms with Gasteiger partial charge in [-0.1, -0.05) is 158 Å². The standard InChI is InChI=1S/C51H31N3OS/c1-4-13-32(14-5-1)33-23-25-34(26-24-33)43-29-38(31-46-47(43)42-19-10-11-22-45(42)56-46)39-20-12-21-41-40-28-27-37(30-44(40)55-48(39)41)51-53-49(35-15-6-2-7-16-35)52-50(54-51)36-17-8-3-9-18-36/h1-31H. The molecule has 4 nitrogen and oxygen atoms in total. The van der Waals surface area contributed by atoms with Gasteiger partial charge in [0.1, 0.15) is 11.2 Å². The molecule has 0 aliphatic carbocycles. The van der Waals surface area contributed by atoms with Crippen molar-refractivity contribution in [2.75, 3.05) is 0 Å². The van der Waals surface area contributed by atoms with Gasteiger partial charge in [-0.05, 0) is 58.1 Å². The molecule has 3 heterocycles. The Balaban J connectivity index is 1.06. The van der Waals surface area contributed by atoms with Gasteiger partial charge in [0, 0.05) is 53.2 Å². The van der Waals surface area contributed by atoms with E-state index in [1.54, 1.807) is 0 Å². The molecule has 0 N–H and O–H groups in total. The Kier molecular flexibility index (Phi) is 7.64. The van der Waals surface area contributed by atoms with Crippen molar-refractivity contribution in [3.05, 3.63) is 188 Å². The molecule has 0 spiro atoms. The van der Waals surface area contributed by atoms with E-state index in [-0.39, 0.29) is 0 Å². The molecule has 3 aromatic heterocycles. The minimum atomic E-state index is 0.596. The predicted molar refractivity (Wildman–Crippen MR) is 233 cm³/mol. The quantitative estimate of drug-likeness (QED) is 0.171. The molecule has 0 radical (unpaired) electrons. The Morgan fingerprint density at radius 1 is 0.339 bits per heavy atom. The van der Waals surface area contributed by atoms with Crippen LogP contribution >= 0.6 is 11.3 Å². The van der Waals surface area contributed by atoms with Crippen molar-refractivity contribution in [3.8, 4) is 67.5 Å². The number of hydrogen-bond donors (Lipinski definition) is 0. The topological polar surface area (TPSA) is 51.8 Å². The van der Waals surface area contributed by atoms with Gasteiger partial charge in [-0.2, -0.15) is 0 Å². The highest BCUT2D eigenvalue weighted by Crippen LogP contribution is 2.45. The number of benzene rings is 8. The van der Waals surface area contributed by atoms with Crippen LogP contribution in [0.3, 0.4) is 0 Å². The van der Waals surface area contributed by atoms with E-state index in [0.717, 1.165) is 49.8 Å². The number of rotatable bonds is 6. The van der Waals surface area contributed by atoms with E-state index in [1.807, 2.05) is 72.0 Å². The number of aromatic nitrogens is 3. The van der Waals surface area contributed by atoms with Gasteiger partial charge in [-0.25, -0.2) is 15.0 Å². The monoisotopic (exact) mass is 733 g/mol. The molecule has 56 heavy (non-hydrogen) atoms. The van der Waals surface area contributed by atoms with E-state index in [1.165, 1.54) is 42.4 Å². The highest BCUT2D eigenvalue weighted by atomic mass is 32.1. The van der Waals surface area contributed by atoms with Gasteiger partial charge in [0.25, 0.3) is 0 Å². The zero-order chi connectivity index (χ0) is 37.0. The summed E-state index contributed by atoms with van der Waals surface area (Å²) < 4.78 is 9.37. The Labute approximate surface area is 327 Å². The van der Waals surface area contributed by atoms with Crippen LogP contribution in [0.1, 0.15) is 0 Å². The van der Waals surface area contributed by atoms with Gasteiger partial charge in [0.2, 0.25) is 0 Å². The largest absolute Gasteiger partial charge is 0.455 e. The van der Waals surface area contributed by atoms with E-state index in [9.17, 15) is 0 Å². The molecule has 0 aliphatic rings. The molecule has 0 saturated heterocycles. The number of nitrogens with zero attached hydrogens (tertiary/aromatic N) is 3. The van der Waals surface area contributed by atoms with Crippen LogP contribution in [0.2, 0.25) is 0 Å². The number of furan rings is 1. The van der Waals surface area contributed by atoms with E-state index < -0.39 is 0 Å². The second-order valence-electron chi connectivity index (χ2n) is 14.0. The van der Waals surface area contributed by atoms with Crippen molar-refractivity contribution in [1.29, 1.82) is 0 Å². The van der Waals surface area contributed by atoms with E-state index >= 15 is 0 Å². The van der Waals surface area contributed by atoms with Crippen LogP contribution in [-0.2, 0) is 0 Å². The maximum atomic E-state index is 6.84. The van der Waals surface area contributed by atoms with Crippen molar-refractivity contribution in [2.24, 2.45) is 0 Å². The van der Waals surface area contributed by atoms with Crippen LogP contribution in [0.25, 0.3) is 110 Å². The minimum Gasteiger partial charge on any atom is -0.455 e. The maximum absolute atomic E-state index is 6.84. The molecule has 0 aliphatic heterocycles. The first-order valence-corrected chi connectivity index (χ1v) is 19.5. The molecule has 262 valence electrons. The van der Waals surface area contributed by atoms with Crippen molar-refractivity contribution >= 4 is 53.4 Å². The molecule has 11 aromatic rings. The summed E-state index contributed by atoms with van der Waals surface area (Å²) in [5, 5.41) is 4.68. The van der Waals surface area contributed by atoms with E-state index in [2.05, 4.69) is 127 Å². The van der Waals surface area contributed by atoms with Crippen LogP contribution in [-0.4, -0.2) is 15.0 Å². The van der Waals surface area contributed by atoms with E-state index in [0.29, 0.717) is 17.5 Å².